The van der Waals surface area contributed by atoms with E-state index in [4.69, 9.17) is 14.9 Å². The second kappa shape index (κ2) is 11.1. The summed E-state index contributed by atoms with van der Waals surface area (Å²) in [5.41, 5.74) is 4.32. The molecule has 2 aliphatic rings. The van der Waals surface area contributed by atoms with E-state index in [-0.39, 0.29) is 30.6 Å². The van der Waals surface area contributed by atoms with Crippen LogP contribution < -0.4 is 10.6 Å². The van der Waals surface area contributed by atoms with Crippen LogP contribution in [-0.2, 0) is 11.3 Å². The zero-order chi connectivity index (χ0) is 21.2. The van der Waals surface area contributed by atoms with E-state index in [9.17, 15) is 4.79 Å². The molecule has 0 aliphatic carbocycles. The van der Waals surface area contributed by atoms with E-state index in [1.807, 2.05) is 4.68 Å². The Kier molecular flexibility index (Phi) is 8.44. The molecule has 1 aromatic heterocycles. The Bertz CT molecular complexity index is 1130. The number of nitrogens with zero attached hydrogens (tertiary/aromatic N) is 3. The molecule has 178 valence electrons. The lowest BCUT2D eigenvalue weighted by Crippen LogP contribution is -2.29. The SMILES string of the molecule is Cl.O.O=C1OCCN1CCNc1ccc2c3c(nn2CCNCCO)-c2ccccc2Sc13. The van der Waals surface area contributed by atoms with E-state index in [0.717, 1.165) is 40.9 Å². The summed E-state index contributed by atoms with van der Waals surface area (Å²) < 4.78 is 7.06. The van der Waals surface area contributed by atoms with Crippen molar-refractivity contribution in [2.24, 2.45) is 0 Å². The Morgan fingerprint density at radius 3 is 2.76 bits per heavy atom. The summed E-state index contributed by atoms with van der Waals surface area (Å²) in [5.74, 6) is 0. The Balaban J connectivity index is 0.00000153. The van der Waals surface area contributed by atoms with Gasteiger partial charge in [0, 0.05) is 52.6 Å². The van der Waals surface area contributed by atoms with Crippen molar-refractivity contribution < 1.29 is 20.1 Å². The number of ether oxygens (including phenoxy) is 1. The normalized spacial score (nSPS) is 13.8. The zero-order valence-electron chi connectivity index (χ0n) is 18.0. The van der Waals surface area contributed by atoms with E-state index < -0.39 is 0 Å². The minimum Gasteiger partial charge on any atom is -0.448 e. The average molecular weight is 494 g/mol. The average Bonchev–Trinajstić information content (AvgIpc) is 3.37. The predicted octanol–water partition coefficient (Wildman–Crippen LogP) is 2.21. The molecule has 2 aliphatic heterocycles. The van der Waals surface area contributed by atoms with Gasteiger partial charge in [0.15, 0.2) is 0 Å². The van der Waals surface area contributed by atoms with Crippen molar-refractivity contribution in [2.45, 2.75) is 16.3 Å². The third kappa shape index (κ3) is 4.90. The quantitative estimate of drug-likeness (QED) is 0.305. The first-order chi connectivity index (χ1) is 15.3. The van der Waals surface area contributed by atoms with Gasteiger partial charge < -0.3 is 30.9 Å². The number of aromatic nitrogens is 2. The van der Waals surface area contributed by atoms with Gasteiger partial charge in [-0.25, -0.2) is 4.79 Å². The number of carbonyl (C=O) groups excluding carboxylic acids is 1. The van der Waals surface area contributed by atoms with Gasteiger partial charge in [-0.2, -0.15) is 5.10 Å². The van der Waals surface area contributed by atoms with Gasteiger partial charge in [0.25, 0.3) is 0 Å². The number of carbonyl (C=O) groups is 1. The molecule has 0 unspecified atom stereocenters. The van der Waals surface area contributed by atoms with Gasteiger partial charge >= 0.3 is 6.09 Å². The van der Waals surface area contributed by atoms with Crippen LogP contribution in [0.25, 0.3) is 22.2 Å². The van der Waals surface area contributed by atoms with Crippen LogP contribution in [-0.4, -0.2) is 77.3 Å². The molecular weight excluding hydrogens is 466 g/mol. The zero-order valence-corrected chi connectivity index (χ0v) is 19.7. The van der Waals surface area contributed by atoms with Gasteiger partial charge in [0.1, 0.15) is 12.3 Å². The summed E-state index contributed by atoms with van der Waals surface area (Å²) in [7, 11) is 0. The van der Waals surface area contributed by atoms with Crippen molar-refractivity contribution in [1.29, 1.82) is 0 Å². The maximum Gasteiger partial charge on any atom is 0.409 e. The van der Waals surface area contributed by atoms with Crippen molar-refractivity contribution in [2.75, 3.05) is 51.3 Å². The molecule has 5 rings (SSSR count). The second-order valence-corrected chi connectivity index (χ2v) is 8.56. The van der Waals surface area contributed by atoms with Crippen LogP contribution in [0.4, 0.5) is 10.5 Å². The van der Waals surface area contributed by atoms with E-state index in [1.165, 1.54) is 9.79 Å². The molecule has 1 amide bonds. The summed E-state index contributed by atoms with van der Waals surface area (Å²) in [6.45, 7) is 4.57. The lowest BCUT2D eigenvalue weighted by Gasteiger charge is -2.20. The number of aliphatic hydroxyl groups excluding tert-OH is 1. The molecule has 11 heteroatoms. The Hall–Kier alpha value is -2.50. The molecule has 0 atom stereocenters. The molecule has 0 radical (unpaired) electrons. The number of fused-ring (bicyclic) bond motifs is 2. The summed E-state index contributed by atoms with van der Waals surface area (Å²) in [6, 6.07) is 12.6. The number of cyclic esters (lactones) is 1. The lowest BCUT2D eigenvalue weighted by atomic mass is 10.1. The molecule has 1 fully saturated rings. The first-order valence-electron chi connectivity index (χ1n) is 10.5. The van der Waals surface area contributed by atoms with Gasteiger partial charge in [0.05, 0.1) is 25.2 Å². The number of rotatable bonds is 9. The highest BCUT2D eigenvalue weighted by Crippen LogP contribution is 2.50. The first-order valence-corrected chi connectivity index (χ1v) is 11.4. The van der Waals surface area contributed by atoms with Crippen LogP contribution in [0, 0.1) is 0 Å². The fourth-order valence-corrected chi connectivity index (χ4v) is 5.24. The van der Waals surface area contributed by atoms with Gasteiger partial charge in [-0.3, -0.25) is 4.68 Å². The minimum atomic E-state index is -0.236. The van der Waals surface area contributed by atoms with Crippen LogP contribution >= 0.6 is 24.2 Å². The standard InChI is InChI=1S/C22H25N5O3S.ClH.H2O/c28-13-9-23-7-11-27-17-6-5-16(24-8-10-26-12-14-30-22(26)29)21-19(17)20(25-27)15-3-1-2-4-18(15)31-21;;/h1-6,23-24,28H,7-14H2;1H;1H2. The number of nitrogens with one attached hydrogen (secondary N) is 2. The monoisotopic (exact) mass is 493 g/mol. The topological polar surface area (TPSA) is 123 Å². The molecule has 1 saturated heterocycles. The summed E-state index contributed by atoms with van der Waals surface area (Å²) >= 11 is 1.76. The maximum atomic E-state index is 11.7. The third-order valence-corrected chi connectivity index (χ3v) is 6.76. The van der Waals surface area contributed by atoms with Crippen molar-refractivity contribution in [3.63, 3.8) is 0 Å². The molecule has 9 nitrogen and oxygen atoms in total. The largest absolute Gasteiger partial charge is 0.448 e. The highest BCUT2D eigenvalue weighted by Gasteiger charge is 2.26. The molecule has 0 bridgehead atoms. The van der Waals surface area contributed by atoms with Crippen molar-refractivity contribution in [3.8, 4) is 11.3 Å². The van der Waals surface area contributed by atoms with E-state index in [0.29, 0.717) is 32.8 Å². The van der Waals surface area contributed by atoms with Crippen molar-refractivity contribution in [3.05, 3.63) is 36.4 Å². The molecular formula is C22H28ClN5O4S. The maximum absolute atomic E-state index is 11.7. The highest BCUT2D eigenvalue weighted by molar-refractivity contribution is 8.00. The lowest BCUT2D eigenvalue weighted by molar-refractivity contribution is 0.159. The Labute approximate surface area is 202 Å². The molecule has 2 aromatic carbocycles. The molecule has 3 heterocycles. The van der Waals surface area contributed by atoms with Crippen LogP contribution in [0.1, 0.15) is 0 Å². The van der Waals surface area contributed by atoms with Gasteiger partial charge in [-0.05, 0) is 18.2 Å². The predicted molar refractivity (Wildman–Crippen MR) is 132 cm³/mol. The van der Waals surface area contributed by atoms with Gasteiger partial charge in [-0.1, -0.05) is 30.0 Å². The minimum absolute atomic E-state index is 0. The summed E-state index contributed by atoms with van der Waals surface area (Å²) in [4.78, 5) is 15.8. The Morgan fingerprint density at radius 1 is 1.12 bits per heavy atom. The molecule has 3 aromatic rings. The van der Waals surface area contributed by atoms with Crippen molar-refractivity contribution >= 4 is 46.9 Å². The number of hydrogen-bond acceptors (Lipinski definition) is 7. The summed E-state index contributed by atoms with van der Waals surface area (Å²) in [5, 5.41) is 21.9. The summed E-state index contributed by atoms with van der Waals surface area (Å²) in [6.07, 6.45) is -0.236. The van der Waals surface area contributed by atoms with Crippen LogP contribution in [0.15, 0.2) is 46.2 Å². The Morgan fingerprint density at radius 2 is 1.97 bits per heavy atom. The van der Waals surface area contributed by atoms with Gasteiger partial charge in [0.2, 0.25) is 0 Å². The molecule has 33 heavy (non-hydrogen) atoms. The van der Waals surface area contributed by atoms with Crippen LogP contribution in [0.5, 0.6) is 0 Å². The van der Waals surface area contributed by atoms with Gasteiger partial charge in [-0.15, -0.1) is 12.4 Å². The number of amides is 1. The number of anilines is 1. The number of halogens is 1. The molecule has 5 N–H and O–H groups in total. The first kappa shape index (κ1) is 25.1. The molecule has 0 spiro atoms. The number of benzene rings is 2. The van der Waals surface area contributed by atoms with Crippen LogP contribution in [0.3, 0.4) is 0 Å². The third-order valence-electron chi connectivity index (χ3n) is 5.56. The number of aliphatic hydroxyl groups is 1. The highest BCUT2D eigenvalue weighted by atomic mass is 35.5. The molecule has 0 saturated carbocycles. The van der Waals surface area contributed by atoms with E-state index in [2.05, 4.69) is 47.0 Å². The second-order valence-electron chi connectivity index (χ2n) is 7.51. The van der Waals surface area contributed by atoms with E-state index >= 15 is 0 Å². The van der Waals surface area contributed by atoms with Crippen molar-refractivity contribution in [1.82, 2.24) is 20.0 Å². The fourth-order valence-electron chi connectivity index (χ4n) is 4.05. The van der Waals surface area contributed by atoms with E-state index in [1.54, 1.807) is 16.7 Å². The fraction of sp³-hybridized carbons (Fsp3) is 0.364. The smallest absolute Gasteiger partial charge is 0.409 e. The van der Waals surface area contributed by atoms with Crippen LogP contribution in [0.2, 0.25) is 0 Å². The number of hydrogen-bond donors (Lipinski definition) is 3.